The molecule has 0 saturated heterocycles. The van der Waals surface area contributed by atoms with E-state index >= 15 is 0 Å². The van der Waals surface area contributed by atoms with Crippen LogP contribution in [0.4, 0.5) is 5.69 Å². The van der Waals surface area contributed by atoms with Gasteiger partial charge in [-0.15, -0.1) is 0 Å². The summed E-state index contributed by atoms with van der Waals surface area (Å²) >= 11 is 6.02. The van der Waals surface area contributed by atoms with Gasteiger partial charge in [-0.3, -0.25) is 9.52 Å². The van der Waals surface area contributed by atoms with Crippen molar-refractivity contribution in [3.63, 3.8) is 0 Å². The number of ketones is 1. The fourth-order valence-electron chi connectivity index (χ4n) is 2.78. The van der Waals surface area contributed by atoms with Crippen LogP contribution in [-0.2, 0) is 15.4 Å². The van der Waals surface area contributed by atoms with E-state index in [9.17, 15) is 18.4 Å². The first-order chi connectivity index (χ1) is 14.4. The minimum Gasteiger partial charge on any atom is -0.619 e. The van der Waals surface area contributed by atoms with E-state index in [1.165, 1.54) is 36.4 Å². The number of halogens is 1. The summed E-state index contributed by atoms with van der Waals surface area (Å²) in [5.41, 5.74) is 0.688. The second kappa shape index (κ2) is 8.08. The predicted molar refractivity (Wildman–Crippen MR) is 116 cm³/mol. The molecule has 0 fully saturated rings. The van der Waals surface area contributed by atoms with Gasteiger partial charge in [-0.05, 0) is 41.3 Å². The van der Waals surface area contributed by atoms with Gasteiger partial charge in [-0.2, -0.15) is 4.73 Å². The van der Waals surface area contributed by atoms with Gasteiger partial charge in [-0.25, -0.2) is 8.42 Å². The second-order valence-electron chi connectivity index (χ2n) is 7.75. The third-order valence-corrected chi connectivity index (χ3v) is 6.08. The third-order valence-electron chi connectivity index (χ3n) is 4.48. The van der Waals surface area contributed by atoms with Gasteiger partial charge in [0.2, 0.25) is 0 Å². The molecule has 8 heteroatoms. The summed E-state index contributed by atoms with van der Waals surface area (Å²) < 4.78 is 37.0. The maximum Gasteiger partial charge on any atom is 0.261 e. The Morgan fingerprint density at radius 1 is 1.07 bits per heavy atom. The molecule has 0 spiro atoms. The van der Waals surface area contributed by atoms with Crippen LogP contribution in [0.1, 0.15) is 43.6 Å². The molecule has 0 saturated carbocycles. The number of hydrogen-bond donors (Lipinski definition) is 1. The average molecular weight is 446 g/mol. The lowest BCUT2D eigenvalue weighted by Gasteiger charge is -2.19. The summed E-state index contributed by atoms with van der Waals surface area (Å²) in [6.45, 7) is 6.07. The molecule has 3 rings (SSSR count). The molecule has 0 atom stereocenters. The average Bonchev–Trinajstić information content (AvgIpc) is 2.70. The Kier molecular flexibility index (Phi) is 5.49. The quantitative estimate of drug-likeness (QED) is 0.360. The molecule has 0 radical (unpaired) electrons. The normalized spacial score (nSPS) is 12.3. The Morgan fingerprint density at radius 2 is 1.67 bits per heavy atom. The molecule has 1 heterocycles. The molecule has 156 valence electrons. The van der Waals surface area contributed by atoms with Crippen molar-refractivity contribution >= 4 is 33.1 Å². The summed E-state index contributed by atoms with van der Waals surface area (Å²) in [7, 11) is -4.03. The predicted octanol–water partition coefficient (Wildman–Crippen LogP) is 4.30. The minimum atomic E-state index is -4.03. The number of anilines is 1. The number of benzene rings is 2. The largest absolute Gasteiger partial charge is 0.619 e. The lowest BCUT2D eigenvalue weighted by atomic mass is 9.87. The van der Waals surface area contributed by atoms with Crippen molar-refractivity contribution in [2.45, 2.75) is 31.1 Å². The monoisotopic (exact) mass is 445 g/mol. The Morgan fingerprint density at radius 3 is 2.23 bits per heavy atom. The van der Waals surface area contributed by atoms with Gasteiger partial charge in [0.1, 0.15) is 0 Å². The van der Waals surface area contributed by atoms with Crippen molar-refractivity contribution < 1.29 is 19.3 Å². The molecule has 2 aromatic carbocycles. The van der Waals surface area contributed by atoms with Crippen molar-refractivity contribution in [3.05, 3.63) is 93.9 Å². The van der Waals surface area contributed by atoms with Crippen LogP contribution >= 0.6 is 11.6 Å². The molecule has 3 aromatic rings. The van der Waals surface area contributed by atoms with E-state index in [1.54, 1.807) is 12.1 Å². The summed E-state index contributed by atoms with van der Waals surface area (Å²) in [5.74, 6) is -0.631. The van der Waals surface area contributed by atoms with Crippen molar-refractivity contribution in [2.75, 3.05) is 4.72 Å². The van der Waals surface area contributed by atoms with Crippen molar-refractivity contribution in [2.24, 2.45) is 0 Å². The van der Waals surface area contributed by atoms with E-state index in [-0.39, 0.29) is 38.2 Å². The summed E-state index contributed by atoms with van der Waals surface area (Å²) in [5, 5.41) is 11.3. The van der Waals surface area contributed by atoms with E-state index < -0.39 is 15.8 Å². The van der Waals surface area contributed by atoms with Gasteiger partial charge in [0.05, 0.1) is 12.0 Å². The Hall–Kier alpha value is -2.90. The Balaban J connectivity index is 2.02. The Bertz CT molecular complexity index is 1240. The number of nitrogens with zero attached hydrogens (tertiary/aromatic N) is 1. The molecule has 1 aromatic heterocycles. The number of rotatable bonds is 5. The molecule has 0 unspecified atom stereocenters. The van der Waals surface area contributed by atoms with Crippen LogP contribution in [0, 0.1) is 5.21 Å². The van der Waals surface area contributed by atoms with Gasteiger partial charge in [0.15, 0.2) is 18.2 Å². The van der Waals surface area contributed by atoms with Gasteiger partial charge in [0.25, 0.3) is 10.0 Å². The molecule has 30 heavy (non-hydrogen) atoms. The number of sulfonamides is 1. The summed E-state index contributed by atoms with van der Waals surface area (Å²) in [6, 6.07) is 11.4. The second-order valence-corrected chi connectivity index (χ2v) is 9.84. The summed E-state index contributed by atoms with van der Waals surface area (Å²) in [4.78, 5) is 13.0. The highest BCUT2D eigenvalue weighted by atomic mass is 35.5. The highest BCUT2D eigenvalue weighted by Crippen LogP contribution is 2.27. The van der Waals surface area contributed by atoms with E-state index in [4.69, 9.17) is 13.0 Å². The van der Waals surface area contributed by atoms with Crippen LogP contribution in [0.3, 0.4) is 0 Å². The molecule has 6 nitrogen and oxygen atoms in total. The van der Waals surface area contributed by atoms with Gasteiger partial charge < -0.3 is 5.21 Å². The molecule has 0 bridgehead atoms. The van der Waals surface area contributed by atoms with Crippen LogP contribution in [0.25, 0.3) is 0 Å². The fourth-order valence-corrected chi connectivity index (χ4v) is 4.01. The smallest absolute Gasteiger partial charge is 0.261 e. The summed E-state index contributed by atoms with van der Waals surface area (Å²) in [6.07, 6.45) is 2.28. The first-order valence-corrected chi connectivity index (χ1v) is 10.9. The van der Waals surface area contributed by atoms with Crippen molar-refractivity contribution in [1.82, 2.24) is 0 Å². The highest BCUT2D eigenvalue weighted by molar-refractivity contribution is 7.92. The maximum absolute atomic E-state index is 13.0. The first kappa shape index (κ1) is 20.4. The van der Waals surface area contributed by atoms with E-state index in [0.29, 0.717) is 4.73 Å². The molecule has 0 amide bonds. The zero-order valence-electron chi connectivity index (χ0n) is 17.6. The number of nitrogens with one attached hydrogen (secondary N) is 1. The number of carbonyl (C=O) groups excluding carboxylic acids is 1. The lowest BCUT2D eigenvalue weighted by Crippen LogP contribution is -2.24. The number of pyridine rings is 1. The first-order valence-electron chi connectivity index (χ1n) is 9.56. The Labute approximate surface area is 182 Å². The van der Waals surface area contributed by atoms with Crippen molar-refractivity contribution in [3.8, 4) is 0 Å². The molecular weight excluding hydrogens is 424 g/mol. The standard InChI is InChI=1S/C22H21ClN2O4S/c1-22(2,3)16-4-7-18(8-5-16)30(28,29)24-20-9-6-17(23)14-19(20)21(26)15-10-12-25(27)13-11-15/h4-14,24H,1-3H3/i14D. The van der Waals surface area contributed by atoms with Crippen LogP contribution < -0.4 is 9.45 Å². The zero-order valence-corrected chi connectivity index (χ0v) is 18.2. The molecule has 0 aliphatic carbocycles. The molecular formula is C22H21ClN2O4S. The van der Waals surface area contributed by atoms with Crippen LogP contribution in [0.15, 0.2) is 71.9 Å². The highest BCUT2D eigenvalue weighted by Gasteiger charge is 2.21. The van der Waals surface area contributed by atoms with Crippen LogP contribution in [0.5, 0.6) is 0 Å². The van der Waals surface area contributed by atoms with E-state index in [2.05, 4.69) is 4.72 Å². The van der Waals surface area contributed by atoms with Gasteiger partial charge >= 0.3 is 0 Å². The molecule has 0 aliphatic rings. The minimum absolute atomic E-state index is 0.00403. The number of aromatic nitrogens is 1. The van der Waals surface area contributed by atoms with Crippen LogP contribution in [0.2, 0.25) is 5.02 Å². The fraction of sp³-hybridized carbons (Fsp3) is 0.182. The molecule has 1 N–H and O–H groups in total. The molecule has 0 aliphatic heterocycles. The SMILES string of the molecule is [2H]c1c(Cl)ccc(NS(=O)(=O)c2ccc(C(C)(C)C)cc2)c1C(=O)c1cc[n+]([O-])cc1. The van der Waals surface area contributed by atoms with Gasteiger partial charge in [0, 0.05) is 28.3 Å². The topological polar surface area (TPSA) is 90.2 Å². The van der Waals surface area contributed by atoms with E-state index in [0.717, 1.165) is 18.0 Å². The van der Waals surface area contributed by atoms with E-state index in [1.807, 2.05) is 20.8 Å². The van der Waals surface area contributed by atoms with Crippen molar-refractivity contribution in [1.29, 1.82) is 0 Å². The number of carbonyl (C=O) groups is 1. The lowest BCUT2D eigenvalue weighted by molar-refractivity contribution is -0.605. The third kappa shape index (κ3) is 4.80. The number of hydrogen-bond acceptors (Lipinski definition) is 4. The maximum atomic E-state index is 13.0. The zero-order chi connectivity index (χ0) is 23.0. The van der Waals surface area contributed by atoms with Crippen LogP contribution in [-0.4, -0.2) is 14.2 Å². The van der Waals surface area contributed by atoms with Gasteiger partial charge in [-0.1, -0.05) is 44.5 Å².